The fourth-order valence-electron chi connectivity index (χ4n) is 2.17. The number of anilines is 1. The van der Waals surface area contributed by atoms with Crippen molar-refractivity contribution in [1.82, 2.24) is 20.2 Å². The van der Waals surface area contributed by atoms with Crippen LogP contribution in [-0.4, -0.2) is 20.2 Å². The first-order valence-electron chi connectivity index (χ1n) is 6.47. The average Bonchev–Trinajstić information content (AvgIpc) is 2.91. The molecule has 3 rings (SSSR count). The van der Waals surface area contributed by atoms with E-state index in [0.29, 0.717) is 5.82 Å². The minimum Gasteiger partial charge on any atom is -0.398 e. The van der Waals surface area contributed by atoms with Crippen LogP contribution in [0.15, 0.2) is 40.9 Å². The fraction of sp³-hybridized carbons (Fsp3) is 0.133. The number of nitrogen functional groups attached to an aromatic ring is 1. The molecule has 0 atom stereocenters. The molecule has 1 heterocycles. The average molecular weight is 344 g/mol. The van der Waals surface area contributed by atoms with E-state index in [0.717, 1.165) is 32.5 Å². The molecular weight excluding hydrogens is 330 g/mol. The van der Waals surface area contributed by atoms with Crippen molar-refractivity contribution in [3.63, 3.8) is 0 Å². The molecule has 0 saturated heterocycles. The van der Waals surface area contributed by atoms with Crippen LogP contribution in [0.4, 0.5) is 5.69 Å². The molecule has 0 aliphatic heterocycles. The third-order valence-electron chi connectivity index (χ3n) is 3.39. The molecule has 0 saturated carbocycles. The van der Waals surface area contributed by atoms with Gasteiger partial charge in [0, 0.05) is 15.7 Å². The van der Waals surface area contributed by atoms with Gasteiger partial charge in [0.25, 0.3) is 0 Å². The number of rotatable bonds is 2. The van der Waals surface area contributed by atoms with Crippen molar-refractivity contribution in [2.24, 2.45) is 0 Å². The summed E-state index contributed by atoms with van der Waals surface area (Å²) in [4.78, 5) is 0. The molecule has 0 bridgehead atoms. The second kappa shape index (κ2) is 5.29. The summed E-state index contributed by atoms with van der Waals surface area (Å²) in [5, 5.41) is 12.0. The Hall–Kier alpha value is -2.21. The van der Waals surface area contributed by atoms with Crippen LogP contribution in [0.1, 0.15) is 11.1 Å². The number of tetrazole rings is 1. The van der Waals surface area contributed by atoms with Gasteiger partial charge in [-0.2, -0.15) is 4.68 Å². The van der Waals surface area contributed by atoms with Crippen LogP contribution in [0.2, 0.25) is 0 Å². The normalized spacial score (nSPS) is 10.8. The van der Waals surface area contributed by atoms with Gasteiger partial charge in [0.05, 0.1) is 5.69 Å². The van der Waals surface area contributed by atoms with Crippen LogP contribution in [0.3, 0.4) is 0 Å². The Morgan fingerprint density at radius 2 is 1.86 bits per heavy atom. The van der Waals surface area contributed by atoms with E-state index in [9.17, 15) is 0 Å². The lowest BCUT2D eigenvalue weighted by atomic mass is 10.1. The molecule has 0 spiro atoms. The summed E-state index contributed by atoms with van der Waals surface area (Å²) in [5.41, 5.74) is 10.7. The predicted octanol–water partition coefficient (Wildman–Crippen LogP) is 3.29. The van der Waals surface area contributed by atoms with Gasteiger partial charge >= 0.3 is 0 Å². The first kappa shape index (κ1) is 13.8. The summed E-state index contributed by atoms with van der Waals surface area (Å²) < 4.78 is 2.75. The van der Waals surface area contributed by atoms with E-state index in [1.54, 1.807) is 4.68 Å². The van der Waals surface area contributed by atoms with Crippen molar-refractivity contribution in [2.75, 3.05) is 5.73 Å². The first-order chi connectivity index (χ1) is 10.1. The van der Waals surface area contributed by atoms with E-state index < -0.39 is 0 Å². The van der Waals surface area contributed by atoms with Crippen LogP contribution in [0.25, 0.3) is 17.1 Å². The quantitative estimate of drug-likeness (QED) is 0.725. The van der Waals surface area contributed by atoms with Gasteiger partial charge in [-0.25, -0.2) is 0 Å². The minimum atomic E-state index is 0.673. The number of aryl methyl sites for hydroxylation is 2. The smallest absolute Gasteiger partial charge is 0.187 e. The number of hydrogen-bond donors (Lipinski definition) is 1. The molecule has 0 radical (unpaired) electrons. The van der Waals surface area contributed by atoms with E-state index in [4.69, 9.17) is 5.73 Å². The molecule has 3 aromatic rings. The minimum absolute atomic E-state index is 0.673. The summed E-state index contributed by atoms with van der Waals surface area (Å²) in [6.07, 6.45) is 0. The molecule has 5 nitrogen and oxygen atoms in total. The number of nitrogens with zero attached hydrogens (tertiary/aromatic N) is 4. The number of halogens is 1. The molecule has 6 heteroatoms. The van der Waals surface area contributed by atoms with Crippen molar-refractivity contribution in [2.45, 2.75) is 13.8 Å². The highest BCUT2D eigenvalue weighted by Crippen LogP contribution is 2.25. The van der Waals surface area contributed by atoms with Gasteiger partial charge in [-0.05, 0) is 59.7 Å². The maximum absolute atomic E-state index is 5.98. The fourth-order valence-corrected chi connectivity index (χ4v) is 2.64. The van der Waals surface area contributed by atoms with Gasteiger partial charge in [-0.15, -0.1) is 5.10 Å². The Bertz CT molecular complexity index is 810. The van der Waals surface area contributed by atoms with Crippen molar-refractivity contribution < 1.29 is 0 Å². The molecule has 2 aromatic carbocycles. The maximum Gasteiger partial charge on any atom is 0.187 e. The van der Waals surface area contributed by atoms with Gasteiger partial charge in [0.2, 0.25) is 0 Å². The Morgan fingerprint density at radius 3 is 2.57 bits per heavy atom. The molecular formula is C15H14BrN5. The molecule has 21 heavy (non-hydrogen) atoms. The molecule has 0 fully saturated rings. The maximum atomic E-state index is 5.98. The lowest BCUT2D eigenvalue weighted by molar-refractivity contribution is 0.787. The molecule has 106 valence electrons. The van der Waals surface area contributed by atoms with Gasteiger partial charge in [0.15, 0.2) is 5.82 Å². The molecule has 1 aromatic heterocycles. The Labute approximate surface area is 130 Å². The Kier molecular flexibility index (Phi) is 3.47. The highest BCUT2D eigenvalue weighted by atomic mass is 79.9. The molecule has 0 amide bonds. The zero-order valence-electron chi connectivity index (χ0n) is 11.7. The number of hydrogen-bond acceptors (Lipinski definition) is 4. The van der Waals surface area contributed by atoms with E-state index in [-0.39, 0.29) is 0 Å². The van der Waals surface area contributed by atoms with Crippen molar-refractivity contribution in [3.8, 4) is 17.1 Å². The SMILES string of the molecule is Cc1ccc(-c2nnnn2-c2ccc(Br)cc2C)cc1N. The van der Waals surface area contributed by atoms with Crippen LogP contribution in [0.5, 0.6) is 0 Å². The Balaban J connectivity index is 2.14. The lowest BCUT2D eigenvalue weighted by Crippen LogP contribution is -2.02. The summed E-state index contributed by atoms with van der Waals surface area (Å²) in [6, 6.07) is 11.8. The summed E-state index contributed by atoms with van der Waals surface area (Å²) >= 11 is 3.46. The van der Waals surface area contributed by atoms with Gasteiger partial charge < -0.3 is 5.73 Å². The van der Waals surface area contributed by atoms with Gasteiger partial charge in [0.1, 0.15) is 0 Å². The second-order valence-electron chi connectivity index (χ2n) is 4.92. The standard InChI is InChI=1S/C15H14BrN5/c1-9-3-4-11(8-13(9)17)15-18-19-20-21(15)14-6-5-12(16)7-10(14)2/h3-8H,17H2,1-2H3. The van der Waals surface area contributed by atoms with Crippen LogP contribution >= 0.6 is 15.9 Å². The van der Waals surface area contributed by atoms with Crippen LogP contribution < -0.4 is 5.73 Å². The van der Waals surface area contributed by atoms with E-state index in [1.165, 1.54) is 0 Å². The van der Waals surface area contributed by atoms with E-state index >= 15 is 0 Å². The van der Waals surface area contributed by atoms with E-state index in [1.807, 2.05) is 50.2 Å². The molecule has 2 N–H and O–H groups in total. The highest BCUT2D eigenvalue weighted by Gasteiger charge is 2.13. The predicted molar refractivity (Wildman–Crippen MR) is 86.2 cm³/mol. The summed E-state index contributed by atoms with van der Waals surface area (Å²) in [7, 11) is 0. The number of benzene rings is 2. The second-order valence-corrected chi connectivity index (χ2v) is 5.83. The Morgan fingerprint density at radius 1 is 1.05 bits per heavy atom. The zero-order chi connectivity index (χ0) is 15.0. The first-order valence-corrected chi connectivity index (χ1v) is 7.27. The summed E-state index contributed by atoms with van der Waals surface area (Å²) in [6.45, 7) is 4.00. The van der Waals surface area contributed by atoms with Crippen LogP contribution in [0, 0.1) is 13.8 Å². The number of aromatic nitrogens is 4. The molecule has 0 unspecified atom stereocenters. The van der Waals surface area contributed by atoms with Crippen molar-refractivity contribution in [1.29, 1.82) is 0 Å². The van der Waals surface area contributed by atoms with Crippen LogP contribution in [-0.2, 0) is 0 Å². The van der Waals surface area contributed by atoms with Crippen molar-refractivity contribution >= 4 is 21.6 Å². The van der Waals surface area contributed by atoms with Gasteiger partial charge in [-0.1, -0.05) is 28.1 Å². The third kappa shape index (κ3) is 2.54. The molecule has 0 aliphatic rings. The monoisotopic (exact) mass is 343 g/mol. The number of nitrogens with two attached hydrogens (primary N) is 1. The highest BCUT2D eigenvalue weighted by molar-refractivity contribution is 9.10. The van der Waals surface area contributed by atoms with Gasteiger partial charge in [-0.3, -0.25) is 0 Å². The van der Waals surface area contributed by atoms with E-state index in [2.05, 4.69) is 31.5 Å². The lowest BCUT2D eigenvalue weighted by Gasteiger charge is -2.09. The summed E-state index contributed by atoms with van der Waals surface area (Å²) in [5.74, 6) is 0.673. The van der Waals surface area contributed by atoms with Crippen molar-refractivity contribution in [3.05, 3.63) is 52.0 Å². The largest absolute Gasteiger partial charge is 0.398 e. The topological polar surface area (TPSA) is 69.6 Å². The zero-order valence-corrected chi connectivity index (χ0v) is 13.3. The third-order valence-corrected chi connectivity index (χ3v) is 3.89. The molecule has 0 aliphatic carbocycles.